The molecule has 0 saturated heterocycles. The Labute approximate surface area is 78.4 Å². The molecule has 2 nitrogen and oxygen atoms in total. The number of aromatic nitrogens is 2. The molecule has 0 aliphatic heterocycles. The quantitative estimate of drug-likeness (QED) is 0.735. The van der Waals surface area contributed by atoms with Crippen molar-refractivity contribution < 1.29 is 20.1 Å². The van der Waals surface area contributed by atoms with Crippen LogP contribution < -0.4 is 4.98 Å². The van der Waals surface area contributed by atoms with Crippen molar-refractivity contribution in [2.75, 3.05) is 0 Å². The number of aryl methyl sites for hydroxylation is 1. The minimum absolute atomic E-state index is 0. The number of imidazole rings is 1. The van der Waals surface area contributed by atoms with Crippen LogP contribution in [0, 0.1) is 6.92 Å². The maximum atomic E-state index is 4.20. The average Bonchev–Trinajstić information content (AvgIpc) is 2.27. The largest absolute Gasteiger partial charge is 0.440 e. The zero-order chi connectivity index (χ0) is 6.97. The molecular formula is C8H7IrN2-. The first-order valence-electron chi connectivity index (χ1n) is 3.22. The van der Waals surface area contributed by atoms with Gasteiger partial charge in [-0.3, -0.25) is 0 Å². The Bertz CT molecular complexity index is 321. The van der Waals surface area contributed by atoms with Gasteiger partial charge in [0.2, 0.25) is 0 Å². The number of para-hydroxylation sites is 2. The van der Waals surface area contributed by atoms with Gasteiger partial charge in [0.1, 0.15) is 0 Å². The van der Waals surface area contributed by atoms with Gasteiger partial charge >= 0.3 is 0 Å². The Morgan fingerprint density at radius 2 is 2.00 bits per heavy atom. The van der Waals surface area contributed by atoms with Gasteiger partial charge in [-0.25, -0.2) is 0 Å². The van der Waals surface area contributed by atoms with Gasteiger partial charge in [-0.2, -0.15) is 0 Å². The van der Waals surface area contributed by atoms with Gasteiger partial charge in [-0.05, 0) is 18.0 Å². The van der Waals surface area contributed by atoms with Gasteiger partial charge in [0.15, 0.2) is 0 Å². The zero-order valence-electron chi connectivity index (χ0n) is 6.04. The molecule has 0 unspecified atom stereocenters. The number of rotatable bonds is 0. The molecule has 1 aromatic carbocycles. The Morgan fingerprint density at radius 3 is 2.73 bits per heavy atom. The summed E-state index contributed by atoms with van der Waals surface area (Å²) in [6, 6.07) is 7.87. The number of fused-ring (bicyclic) bond motifs is 1. The zero-order valence-corrected chi connectivity index (χ0v) is 8.43. The van der Waals surface area contributed by atoms with Crippen molar-refractivity contribution in [1.82, 2.24) is 9.97 Å². The number of hydrogen-bond acceptors (Lipinski definition) is 1. The molecule has 0 bridgehead atoms. The van der Waals surface area contributed by atoms with Crippen molar-refractivity contribution >= 4 is 11.0 Å². The molecule has 0 spiro atoms. The molecule has 1 heterocycles. The molecule has 0 amide bonds. The second-order valence-corrected chi connectivity index (χ2v) is 2.26. The minimum Gasteiger partial charge on any atom is -0.440 e. The molecule has 0 N–H and O–H groups in total. The van der Waals surface area contributed by atoms with Gasteiger partial charge < -0.3 is 9.97 Å². The molecule has 1 aromatic heterocycles. The van der Waals surface area contributed by atoms with Gasteiger partial charge in [-0.15, -0.1) is 0 Å². The Balaban J connectivity index is 0.000000605. The molecule has 0 aliphatic carbocycles. The predicted octanol–water partition coefficient (Wildman–Crippen LogP) is 1.50. The number of benzene rings is 1. The SMILES string of the molecule is Cc1nc2ccccc2[n-]1.[Ir]. The topological polar surface area (TPSA) is 27.0 Å². The summed E-state index contributed by atoms with van der Waals surface area (Å²) in [5.41, 5.74) is 1.97. The van der Waals surface area contributed by atoms with E-state index < -0.39 is 0 Å². The molecule has 2 rings (SSSR count). The fourth-order valence-electron chi connectivity index (χ4n) is 1.03. The van der Waals surface area contributed by atoms with E-state index in [-0.39, 0.29) is 20.1 Å². The van der Waals surface area contributed by atoms with Crippen LogP contribution in [0.5, 0.6) is 0 Å². The molecular weight excluding hydrogens is 316 g/mol. The second-order valence-electron chi connectivity index (χ2n) is 2.26. The van der Waals surface area contributed by atoms with Crippen molar-refractivity contribution in [3.05, 3.63) is 30.1 Å². The predicted molar refractivity (Wildman–Crippen MR) is 39.8 cm³/mol. The fourth-order valence-corrected chi connectivity index (χ4v) is 1.03. The third-order valence-corrected chi connectivity index (χ3v) is 1.45. The van der Waals surface area contributed by atoms with E-state index >= 15 is 0 Å². The fraction of sp³-hybridized carbons (Fsp3) is 0.125. The van der Waals surface area contributed by atoms with Crippen molar-refractivity contribution in [2.45, 2.75) is 6.92 Å². The summed E-state index contributed by atoms with van der Waals surface area (Å²) in [5.74, 6) is 0.848. The maximum Gasteiger partial charge on any atom is 0 e. The van der Waals surface area contributed by atoms with E-state index in [1.165, 1.54) is 0 Å². The Morgan fingerprint density at radius 1 is 1.27 bits per heavy atom. The molecule has 0 aliphatic rings. The Kier molecular flexibility index (Phi) is 2.42. The first kappa shape index (κ1) is 8.44. The molecule has 11 heavy (non-hydrogen) atoms. The molecule has 3 heteroatoms. The third kappa shape index (κ3) is 1.50. The van der Waals surface area contributed by atoms with E-state index in [9.17, 15) is 0 Å². The molecule has 59 valence electrons. The van der Waals surface area contributed by atoms with E-state index in [0.717, 1.165) is 16.9 Å². The average molecular weight is 323 g/mol. The van der Waals surface area contributed by atoms with Crippen LogP contribution in [0.2, 0.25) is 0 Å². The van der Waals surface area contributed by atoms with Crippen LogP contribution in [0.4, 0.5) is 0 Å². The smallest absolute Gasteiger partial charge is 0 e. The van der Waals surface area contributed by atoms with E-state index in [1.54, 1.807) is 0 Å². The van der Waals surface area contributed by atoms with Crippen LogP contribution in [0.25, 0.3) is 11.0 Å². The van der Waals surface area contributed by atoms with Gasteiger partial charge in [0.05, 0.1) is 0 Å². The van der Waals surface area contributed by atoms with Crippen LogP contribution >= 0.6 is 0 Å². The first-order chi connectivity index (χ1) is 4.86. The van der Waals surface area contributed by atoms with Gasteiger partial charge in [0, 0.05) is 20.1 Å². The van der Waals surface area contributed by atoms with Crippen LogP contribution in [0.3, 0.4) is 0 Å². The van der Waals surface area contributed by atoms with E-state index in [0.29, 0.717) is 0 Å². The monoisotopic (exact) mass is 324 g/mol. The summed E-state index contributed by atoms with van der Waals surface area (Å²) >= 11 is 0. The summed E-state index contributed by atoms with van der Waals surface area (Å²) in [6.07, 6.45) is 0. The molecule has 0 fully saturated rings. The third-order valence-electron chi connectivity index (χ3n) is 1.45. The van der Waals surface area contributed by atoms with Crippen molar-refractivity contribution in [3.63, 3.8) is 0 Å². The summed E-state index contributed by atoms with van der Waals surface area (Å²) in [5, 5.41) is 0. The molecule has 2 aromatic rings. The van der Waals surface area contributed by atoms with Crippen LogP contribution in [0.15, 0.2) is 24.3 Å². The summed E-state index contributed by atoms with van der Waals surface area (Å²) in [7, 11) is 0. The first-order valence-corrected chi connectivity index (χ1v) is 3.22. The van der Waals surface area contributed by atoms with Crippen molar-refractivity contribution in [3.8, 4) is 0 Å². The van der Waals surface area contributed by atoms with Crippen LogP contribution in [-0.2, 0) is 20.1 Å². The standard InChI is InChI=1S/C8H7N2.Ir/c1-6-9-7-4-2-3-5-8(7)10-6;/h2-5H,1H3;/q-1;. The summed E-state index contributed by atoms with van der Waals surface area (Å²) in [6.45, 7) is 1.90. The molecule has 0 atom stereocenters. The van der Waals surface area contributed by atoms with E-state index in [2.05, 4.69) is 9.97 Å². The van der Waals surface area contributed by atoms with E-state index in [4.69, 9.17) is 0 Å². The minimum atomic E-state index is 0. The maximum absolute atomic E-state index is 4.20. The summed E-state index contributed by atoms with van der Waals surface area (Å²) < 4.78 is 0. The van der Waals surface area contributed by atoms with E-state index in [1.807, 2.05) is 31.2 Å². The number of hydrogen-bond donors (Lipinski definition) is 0. The van der Waals surface area contributed by atoms with Crippen LogP contribution in [0.1, 0.15) is 5.82 Å². The van der Waals surface area contributed by atoms with Crippen molar-refractivity contribution in [1.29, 1.82) is 0 Å². The number of nitrogens with zero attached hydrogens (tertiary/aromatic N) is 2. The molecule has 1 radical (unpaired) electrons. The van der Waals surface area contributed by atoms with Gasteiger partial charge in [0.25, 0.3) is 0 Å². The summed E-state index contributed by atoms with van der Waals surface area (Å²) in [4.78, 5) is 8.40. The van der Waals surface area contributed by atoms with Crippen LogP contribution in [-0.4, -0.2) is 4.98 Å². The molecule has 0 saturated carbocycles. The normalized spacial score (nSPS) is 9.55. The van der Waals surface area contributed by atoms with Gasteiger partial charge in [-0.1, -0.05) is 30.1 Å². The van der Waals surface area contributed by atoms with Crippen molar-refractivity contribution in [2.24, 2.45) is 0 Å². The second kappa shape index (κ2) is 3.16. The Hall–Kier alpha value is -0.661.